The molecule has 1 fully saturated rings. The van der Waals surface area contributed by atoms with Crippen LogP contribution in [0.5, 0.6) is 5.75 Å². The molecule has 1 aliphatic heterocycles. The third kappa shape index (κ3) is 4.96. The molecule has 4 rings (SSSR count). The maximum atomic E-state index is 13.3. The van der Waals surface area contributed by atoms with Crippen LogP contribution in [0.3, 0.4) is 0 Å². The van der Waals surface area contributed by atoms with Gasteiger partial charge in [-0.2, -0.15) is 0 Å². The molecule has 1 aromatic heterocycles. The maximum absolute atomic E-state index is 13.3. The standard InChI is InChI=1S/C24H30N6O3S/c1-5-12-26-22(25-2)27-18(31)14-30-15-24(10-11-24)20-19(21(30)32)34-23(28-20)29(3)13-16-6-8-17(33-4)9-7-16/h6-9,12H,5,10-11,13-15H2,1-4H3,(H,25,27,31)/b26-12-. The van der Waals surface area contributed by atoms with Gasteiger partial charge >= 0.3 is 0 Å². The second kappa shape index (κ2) is 9.92. The number of amides is 2. The van der Waals surface area contributed by atoms with Crippen LogP contribution in [0.2, 0.25) is 0 Å². The molecule has 0 saturated heterocycles. The third-order valence-electron chi connectivity index (χ3n) is 6.05. The molecule has 2 aliphatic rings. The van der Waals surface area contributed by atoms with Gasteiger partial charge in [-0.1, -0.05) is 30.4 Å². The van der Waals surface area contributed by atoms with E-state index < -0.39 is 0 Å². The van der Waals surface area contributed by atoms with Gasteiger partial charge < -0.3 is 14.5 Å². The smallest absolute Gasteiger partial charge is 0.266 e. The minimum absolute atomic E-state index is 0.0321. The van der Waals surface area contributed by atoms with Crippen LogP contribution in [-0.2, 0) is 16.8 Å². The van der Waals surface area contributed by atoms with Gasteiger partial charge in [-0.05, 0) is 37.0 Å². The summed E-state index contributed by atoms with van der Waals surface area (Å²) in [7, 11) is 5.20. The zero-order valence-electron chi connectivity index (χ0n) is 20.0. The number of methoxy groups -OCH3 is 1. The van der Waals surface area contributed by atoms with Gasteiger partial charge in [-0.25, -0.2) is 9.98 Å². The van der Waals surface area contributed by atoms with Gasteiger partial charge in [0.1, 0.15) is 17.2 Å². The summed E-state index contributed by atoms with van der Waals surface area (Å²) in [6.45, 7) is 3.10. The van der Waals surface area contributed by atoms with E-state index in [4.69, 9.17) is 9.72 Å². The van der Waals surface area contributed by atoms with Crippen LogP contribution in [-0.4, -0.2) is 68.2 Å². The molecule has 34 heavy (non-hydrogen) atoms. The van der Waals surface area contributed by atoms with Crippen LogP contribution in [0.1, 0.15) is 47.1 Å². The van der Waals surface area contributed by atoms with Crippen molar-refractivity contribution in [1.82, 2.24) is 15.2 Å². The number of nitrogens with one attached hydrogen (secondary N) is 1. The fraction of sp³-hybridized carbons (Fsp3) is 0.458. The van der Waals surface area contributed by atoms with Crippen molar-refractivity contribution >= 4 is 40.5 Å². The van der Waals surface area contributed by atoms with Crippen molar-refractivity contribution in [2.75, 3.05) is 39.2 Å². The number of fused-ring (bicyclic) bond motifs is 2. The lowest BCUT2D eigenvalue weighted by molar-refractivity contribution is -0.120. The van der Waals surface area contributed by atoms with E-state index in [0.717, 1.165) is 41.4 Å². The Morgan fingerprint density at radius 2 is 2.09 bits per heavy atom. The lowest BCUT2D eigenvalue weighted by Gasteiger charge is -2.31. The number of ether oxygens (including phenoxy) is 1. The first-order valence-electron chi connectivity index (χ1n) is 11.3. The Morgan fingerprint density at radius 1 is 1.35 bits per heavy atom. The van der Waals surface area contributed by atoms with Crippen molar-refractivity contribution < 1.29 is 14.3 Å². The second-order valence-electron chi connectivity index (χ2n) is 8.64. The van der Waals surface area contributed by atoms with E-state index >= 15 is 0 Å². The van der Waals surface area contributed by atoms with Crippen LogP contribution in [0.4, 0.5) is 5.13 Å². The molecule has 0 atom stereocenters. The van der Waals surface area contributed by atoms with Gasteiger partial charge in [-0.15, -0.1) is 0 Å². The Balaban J connectivity index is 1.48. The molecule has 2 heterocycles. The Hall–Kier alpha value is -3.27. The molecule has 10 heteroatoms. The van der Waals surface area contributed by atoms with Crippen LogP contribution in [0, 0.1) is 0 Å². The number of rotatable bonds is 7. The van der Waals surface area contributed by atoms with Crippen molar-refractivity contribution in [3.8, 4) is 5.75 Å². The SMILES string of the molecule is CC/C=N\C(=NC)NC(=O)CN1CC2(CC2)c2nc(N(C)Cc3ccc(OC)cc3)sc2C1=O. The Labute approximate surface area is 203 Å². The van der Waals surface area contributed by atoms with E-state index in [0.29, 0.717) is 18.0 Å². The van der Waals surface area contributed by atoms with Gasteiger partial charge in [0.25, 0.3) is 5.91 Å². The molecular weight excluding hydrogens is 452 g/mol. The monoisotopic (exact) mass is 482 g/mol. The van der Waals surface area contributed by atoms with Crippen molar-refractivity contribution in [2.45, 2.75) is 38.1 Å². The molecule has 0 unspecified atom stereocenters. The van der Waals surface area contributed by atoms with Crippen molar-refractivity contribution in [2.24, 2.45) is 9.98 Å². The number of aromatic nitrogens is 1. The van der Waals surface area contributed by atoms with Crippen LogP contribution in [0.25, 0.3) is 0 Å². The Kier molecular flexibility index (Phi) is 6.97. The highest BCUT2D eigenvalue weighted by atomic mass is 32.1. The van der Waals surface area contributed by atoms with Crippen LogP contribution < -0.4 is 15.0 Å². The Bertz CT molecular complexity index is 1120. The number of guanidine groups is 1. The molecule has 1 aromatic carbocycles. The van der Waals surface area contributed by atoms with Gasteiger partial charge in [-0.3, -0.25) is 19.9 Å². The number of hydrogen-bond donors (Lipinski definition) is 1. The number of aliphatic imine (C=N–C) groups is 2. The van der Waals surface area contributed by atoms with E-state index in [1.807, 2.05) is 38.2 Å². The summed E-state index contributed by atoms with van der Waals surface area (Å²) in [4.78, 5) is 43.2. The minimum atomic E-state index is -0.303. The molecule has 0 bridgehead atoms. The molecule has 2 aromatic rings. The fourth-order valence-electron chi connectivity index (χ4n) is 4.04. The summed E-state index contributed by atoms with van der Waals surface area (Å²) in [6, 6.07) is 7.91. The summed E-state index contributed by atoms with van der Waals surface area (Å²) in [6.07, 6.45) is 4.37. The number of benzene rings is 1. The molecule has 0 radical (unpaired) electrons. The second-order valence-corrected chi connectivity index (χ2v) is 9.61. The van der Waals surface area contributed by atoms with Crippen LogP contribution >= 0.6 is 11.3 Å². The van der Waals surface area contributed by atoms with E-state index in [9.17, 15) is 9.59 Å². The molecule has 2 amide bonds. The fourth-order valence-corrected chi connectivity index (χ4v) is 5.15. The predicted octanol–water partition coefficient (Wildman–Crippen LogP) is 2.86. The summed E-state index contributed by atoms with van der Waals surface area (Å²) in [5, 5.41) is 3.50. The average molecular weight is 483 g/mol. The van der Waals surface area contributed by atoms with Gasteiger partial charge in [0.15, 0.2) is 5.13 Å². The number of thiazole rings is 1. The number of carbonyl (C=O) groups is 2. The zero-order chi connectivity index (χ0) is 24.3. The maximum Gasteiger partial charge on any atom is 0.266 e. The average Bonchev–Trinajstić information content (AvgIpc) is 3.45. The topological polar surface area (TPSA) is 99.5 Å². The molecule has 1 saturated carbocycles. The first-order valence-corrected chi connectivity index (χ1v) is 12.1. The van der Waals surface area contributed by atoms with Crippen LogP contribution in [0.15, 0.2) is 34.3 Å². The lowest BCUT2D eigenvalue weighted by Crippen LogP contribution is -2.48. The highest BCUT2D eigenvalue weighted by molar-refractivity contribution is 7.17. The normalized spacial score (nSPS) is 16.6. The first-order chi connectivity index (χ1) is 16.4. The molecule has 1 N–H and O–H groups in total. The predicted molar refractivity (Wildman–Crippen MR) is 134 cm³/mol. The van der Waals surface area contributed by atoms with Gasteiger partial charge in [0, 0.05) is 38.8 Å². The summed E-state index contributed by atoms with van der Waals surface area (Å²) < 4.78 is 5.23. The summed E-state index contributed by atoms with van der Waals surface area (Å²) in [5.74, 6) is 0.619. The van der Waals surface area contributed by atoms with E-state index in [1.165, 1.54) is 11.3 Å². The van der Waals surface area contributed by atoms with E-state index in [-0.39, 0.29) is 29.7 Å². The molecule has 1 aliphatic carbocycles. The molecule has 9 nitrogen and oxygen atoms in total. The van der Waals surface area contributed by atoms with Crippen molar-refractivity contribution in [3.05, 3.63) is 40.4 Å². The van der Waals surface area contributed by atoms with E-state index in [1.54, 1.807) is 25.3 Å². The quantitative estimate of drug-likeness (QED) is 0.483. The number of carbonyl (C=O) groups excluding carboxylic acids is 2. The molecular formula is C24H30N6O3S. The van der Waals surface area contributed by atoms with Crippen molar-refractivity contribution in [1.29, 1.82) is 0 Å². The number of anilines is 1. The zero-order valence-corrected chi connectivity index (χ0v) is 20.8. The number of hydrogen-bond acceptors (Lipinski definition) is 7. The first kappa shape index (κ1) is 23.9. The third-order valence-corrected chi connectivity index (χ3v) is 7.20. The Morgan fingerprint density at radius 3 is 2.71 bits per heavy atom. The molecule has 180 valence electrons. The summed E-state index contributed by atoms with van der Waals surface area (Å²) >= 11 is 1.40. The number of nitrogens with zero attached hydrogens (tertiary/aromatic N) is 5. The highest BCUT2D eigenvalue weighted by Crippen LogP contribution is 2.53. The minimum Gasteiger partial charge on any atom is -0.497 e. The largest absolute Gasteiger partial charge is 0.497 e. The lowest BCUT2D eigenvalue weighted by atomic mass is 9.96. The summed E-state index contributed by atoms with van der Waals surface area (Å²) in [5.41, 5.74) is 1.88. The van der Waals surface area contributed by atoms with Crippen molar-refractivity contribution in [3.63, 3.8) is 0 Å². The van der Waals surface area contributed by atoms with Gasteiger partial charge in [0.2, 0.25) is 11.9 Å². The van der Waals surface area contributed by atoms with Gasteiger partial charge in [0.05, 0.1) is 12.8 Å². The van der Waals surface area contributed by atoms with E-state index in [2.05, 4.69) is 20.2 Å². The molecule has 1 spiro atoms. The highest BCUT2D eigenvalue weighted by Gasteiger charge is 2.54.